The normalized spacial score (nSPS) is 47.0. The van der Waals surface area contributed by atoms with E-state index in [0.717, 1.165) is 25.0 Å². The summed E-state index contributed by atoms with van der Waals surface area (Å²) >= 11 is 0. The molecule has 0 amide bonds. The predicted molar refractivity (Wildman–Crippen MR) is 37.6 cm³/mol. The second-order valence-electron chi connectivity index (χ2n) is 2.77. The van der Waals surface area contributed by atoms with Crippen LogP contribution >= 0.6 is 12.4 Å². The van der Waals surface area contributed by atoms with Crippen LogP contribution in [0.4, 0.5) is 0 Å². The number of fused-ring (bicyclic) bond motifs is 1. The van der Waals surface area contributed by atoms with Crippen molar-refractivity contribution in [3.05, 3.63) is 0 Å². The van der Waals surface area contributed by atoms with E-state index in [1.165, 1.54) is 6.42 Å². The SMILES string of the molecule is Cl.N[C@@H]1[C@H]2CCOC[C@@H]12. The van der Waals surface area contributed by atoms with Gasteiger partial charge in [0, 0.05) is 18.6 Å². The summed E-state index contributed by atoms with van der Waals surface area (Å²) in [7, 11) is 0. The largest absolute Gasteiger partial charge is 0.381 e. The van der Waals surface area contributed by atoms with Crippen molar-refractivity contribution < 1.29 is 4.74 Å². The third kappa shape index (κ3) is 1.07. The molecular formula is C6H12ClNO. The summed E-state index contributed by atoms with van der Waals surface area (Å²) in [4.78, 5) is 0. The van der Waals surface area contributed by atoms with Gasteiger partial charge in [0.25, 0.3) is 0 Å². The summed E-state index contributed by atoms with van der Waals surface area (Å²) in [6.07, 6.45) is 1.20. The van der Waals surface area contributed by atoms with E-state index in [1.54, 1.807) is 0 Å². The van der Waals surface area contributed by atoms with Crippen LogP contribution in [0, 0.1) is 11.8 Å². The summed E-state index contributed by atoms with van der Waals surface area (Å²) in [5.41, 5.74) is 5.69. The van der Waals surface area contributed by atoms with E-state index in [0.29, 0.717) is 6.04 Å². The van der Waals surface area contributed by atoms with Gasteiger partial charge >= 0.3 is 0 Å². The molecule has 1 heterocycles. The molecule has 2 nitrogen and oxygen atoms in total. The van der Waals surface area contributed by atoms with Crippen molar-refractivity contribution >= 4 is 12.4 Å². The third-order valence-electron chi connectivity index (χ3n) is 2.30. The van der Waals surface area contributed by atoms with Crippen LogP contribution in [0.2, 0.25) is 0 Å². The second-order valence-corrected chi connectivity index (χ2v) is 2.77. The molecule has 0 aromatic carbocycles. The van der Waals surface area contributed by atoms with Gasteiger partial charge in [0.2, 0.25) is 0 Å². The van der Waals surface area contributed by atoms with Crippen LogP contribution in [0.25, 0.3) is 0 Å². The van der Waals surface area contributed by atoms with E-state index in [9.17, 15) is 0 Å². The Bertz CT molecular complexity index is 97.2. The van der Waals surface area contributed by atoms with E-state index >= 15 is 0 Å². The fraction of sp³-hybridized carbons (Fsp3) is 1.00. The molecule has 0 spiro atoms. The zero-order valence-electron chi connectivity index (χ0n) is 5.25. The maximum atomic E-state index is 5.69. The lowest BCUT2D eigenvalue weighted by atomic mass is 10.2. The molecule has 3 atom stereocenters. The van der Waals surface area contributed by atoms with Crippen LogP contribution in [0.3, 0.4) is 0 Å². The Labute approximate surface area is 61.2 Å². The minimum absolute atomic E-state index is 0. The van der Waals surface area contributed by atoms with Crippen LogP contribution in [0.15, 0.2) is 0 Å². The van der Waals surface area contributed by atoms with Gasteiger partial charge in [-0.25, -0.2) is 0 Å². The Morgan fingerprint density at radius 1 is 1.33 bits per heavy atom. The Morgan fingerprint density at radius 3 is 2.56 bits per heavy atom. The summed E-state index contributed by atoms with van der Waals surface area (Å²) in [6.45, 7) is 1.86. The van der Waals surface area contributed by atoms with E-state index < -0.39 is 0 Å². The van der Waals surface area contributed by atoms with Gasteiger partial charge in [0.05, 0.1) is 6.61 Å². The topological polar surface area (TPSA) is 35.2 Å². The number of hydrogen-bond donors (Lipinski definition) is 1. The molecule has 54 valence electrons. The second kappa shape index (κ2) is 2.45. The number of ether oxygens (including phenoxy) is 1. The molecule has 0 radical (unpaired) electrons. The van der Waals surface area contributed by atoms with Crippen molar-refractivity contribution in [3.8, 4) is 0 Å². The molecule has 9 heavy (non-hydrogen) atoms. The maximum absolute atomic E-state index is 5.69. The van der Waals surface area contributed by atoms with E-state index in [1.807, 2.05) is 0 Å². The number of hydrogen-bond acceptors (Lipinski definition) is 2. The van der Waals surface area contributed by atoms with Crippen molar-refractivity contribution in [1.29, 1.82) is 0 Å². The molecule has 3 heteroatoms. The maximum Gasteiger partial charge on any atom is 0.0512 e. The molecule has 1 saturated heterocycles. The number of rotatable bonds is 0. The predicted octanol–water partition coefficient (Wildman–Crippen LogP) is 0.402. The molecule has 0 aromatic heterocycles. The van der Waals surface area contributed by atoms with Crippen LogP contribution in [0.5, 0.6) is 0 Å². The Kier molecular flexibility index (Phi) is 1.99. The van der Waals surface area contributed by atoms with Crippen LogP contribution in [-0.2, 0) is 4.74 Å². The first-order valence-electron chi connectivity index (χ1n) is 3.23. The fourth-order valence-electron chi connectivity index (χ4n) is 1.55. The van der Waals surface area contributed by atoms with Crippen LogP contribution < -0.4 is 5.73 Å². The van der Waals surface area contributed by atoms with Gasteiger partial charge in [-0.05, 0) is 12.3 Å². The van der Waals surface area contributed by atoms with Crippen LogP contribution in [-0.4, -0.2) is 19.3 Å². The zero-order chi connectivity index (χ0) is 5.56. The Balaban J connectivity index is 0.000000405. The van der Waals surface area contributed by atoms with Gasteiger partial charge in [-0.3, -0.25) is 0 Å². The highest BCUT2D eigenvalue weighted by molar-refractivity contribution is 5.85. The minimum atomic E-state index is 0. The quantitative estimate of drug-likeness (QED) is 0.541. The van der Waals surface area contributed by atoms with Crippen molar-refractivity contribution in [3.63, 3.8) is 0 Å². The van der Waals surface area contributed by atoms with Gasteiger partial charge in [0.15, 0.2) is 0 Å². The molecule has 2 N–H and O–H groups in total. The van der Waals surface area contributed by atoms with Gasteiger partial charge in [-0.2, -0.15) is 0 Å². The molecule has 0 aromatic rings. The van der Waals surface area contributed by atoms with Crippen molar-refractivity contribution in [1.82, 2.24) is 0 Å². The fourth-order valence-corrected chi connectivity index (χ4v) is 1.55. The average Bonchev–Trinajstić information content (AvgIpc) is 2.46. The molecule has 2 rings (SSSR count). The first kappa shape index (κ1) is 7.32. The third-order valence-corrected chi connectivity index (χ3v) is 2.30. The molecule has 2 fully saturated rings. The highest BCUT2D eigenvalue weighted by Crippen LogP contribution is 2.42. The molecule has 0 unspecified atom stereocenters. The Hall–Kier alpha value is 0.210. The lowest BCUT2D eigenvalue weighted by Gasteiger charge is -2.06. The lowest BCUT2D eigenvalue weighted by molar-refractivity contribution is 0.0888. The highest BCUT2D eigenvalue weighted by atomic mass is 35.5. The van der Waals surface area contributed by atoms with Gasteiger partial charge in [0.1, 0.15) is 0 Å². The standard InChI is InChI=1S/C6H11NO.ClH/c7-6-4-1-2-8-3-5(4)6;/h4-6H,1-3,7H2;1H/t4-,5+,6+;/m0./s1. The molecule has 2 aliphatic rings. The smallest absolute Gasteiger partial charge is 0.0512 e. The van der Waals surface area contributed by atoms with Crippen molar-refractivity contribution in [2.75, 3.05) is 13.2 Å². The van der Waals surface area contributed by atoms with E-state index in [-0.39, 0.29) is 12.4 Å². The summed E-state index contributed by atoms with van der Waals surface area (Å²) in [5, 5.41) is 0. The molecular weight excluding hydrogens is 138 g/mol. The lowest BCUT2D eigenvalue weighted by Crippen LogP contribution is -2.07. The minimum Gasteiger partial charge on any atom is -0.381 e. The first-order valence-corrected chi connectivity index (χ1v) is 3.23. The van der Waals surface area contributed by atoms with E-state index in [4.69, 9.17) is 10.5 Å². The molecule has 1 saturated carbocycles. The summed E-state index contributed by atoms with van der Waals surface area (Å²) in [6, 6.07) is 0.484. The van der Waals surface area contributed by atoms with Gasteiger partial charge in [-0.1, -0.05) is 0 Å². The average molecular weight is 150 g/mol. The number of nitrogens with two attached hydrogens (primary N) is 1. The zero-order valence-corrected chi connectivity index (χ0v) is 6.06. The first-order chi connectivity index (χ1) is 3.89. The Morgan fingerprint density at radius 2 is 2.11 bits per heavy atom. The van der Waals surface area contributed by atoms with Crippen molar-refractivity contribution in [2.45, 2.75) is 12.5 Å². The van der Waals surface area contributed by atoms with Crippen LogP contribution in [0.1, 0.15) is 6.42 Å². The molecule has 0 bridgehead atoms. The monoisotopic (exact) mass is 149 g/mol. The molecule has 1 aliphatic heterocycles. The van der Waals surface area contributed by atoms with E-state index in [2.05, 4.69) is 0 Å². The van der Waals surface area contributed by atoms with Gasteiger partial charge in [-0.15, -0.1) is 12.4 Å². The summed E-state index contributed by atoms with van der Waals surface area (Å²) < 4.78 is 5.21. The summed E-state index contributed by atoms with van der Waals surface area (Å²) in [5.74, 6) is 1.55. The van der Waals surface area contributed by atoms with Gasteiger partial charge < -0.3 is 10.5 Å². The molecule has 1 aliphatic carbocycles. The highest BCUT2D eigenvalue weighted by Gasteiger charge is 2.48. The van der Waals surface area contributed by atoms with Crippen molar-refractivity contribution in [2.24, 2.45) is 17.6 Å². The number of halogens is 1.